The first-order chi connectivity index (χ1) is 12.7. The summed E-state index contributed by atoms with van der Waals surface area (Å²) in [5, 5.41) is 23.5. The van der Waals surface area contributed by atoms with Gasteiger partial charge in [-0.05, 0) is 32.0 Å². The number of hydrogen-bond acceptors (Lipinski definition) is 8. The molecule has 4 N–H and O–H groups in total. The zero-order valence-corrected chi connectivity index (χ0v) is 16.0. The van der Waals surface area contributed by atoms with E-state index in [-0.39, 0.29) is 16.0 Å². The van der Waals surface area contributed by atoms with Crippen molar-refractivity contribution in [2.45, 2.75) is 24.8 Å². The lowest BCUT2D eigenvalue weighted by molar-refractivity contribution is 0.532. The third-order valence-electron chi connectivity index (χ3n) is 3.48. The molecule has 27 heavy (non-hydrogen) atoms. The number of nitrogens with two attached hydrogens (primary N) is 1. The number of aromatic nitrogens is 5. The first-order valence-corrected chi connectivity index (χ1v) is 9.75. The van der Waals surface area contributed by atoms with Crippen LogP contribution in [0.1, 0.15) is 19.9 Å². The van der Waals surface area contributed by atoms with Gasteiger partial charge >= 0.3 is 0 Å². The molecule has 0 aliphatic rings. The Bertz CT molecular complexity index is 1070. The second-order valence-electron chi connectivity index (χ2n) is 5.91. The molecule has 0 radical (unpaired) electrons. The van der Waals surface area contributed by atoms with Crippen LogP contribution >= 0.6 is 11.6 Å². The predicted octanol–water partition coefficient (Wildman–Crippen LogP) is 2.44. The van der Waals surface area contributed by atoms with Crippen LogP contribution in [0.2, 0.25) is 5.02 Å². The van der Waals surface area contributed by atoms with Crippen molar-refractivity contribution < 1.29 is 8.42 Å². The number of hydrogen-bond donors (Lipinski definition) is 3. The Morgan fingerprint density at radius 1 is 1.22 bits per heavy atom. The van der Waals surface area contributed by atoms with Crippen LogP contribution in [0.4, 0.5) is 23.1 Å². The normalized spacial score (nSPS) is 11.6. The summed E-state index contributed by atoms with van der Waals surface area (Å²) in [7, 11) is -3.83. The summed E-state index contributed by atoms with van der Waals surface area (Å²) in [5.41, 5.74) is 1.07. The van der Waals surface area contributed by atoms with E-state index in [1.807, 2.05) is 13.8 Å². The first-order valence-electron chi connectivity index (χ1n) is 7.82. The lowest BCUT2D eigenvalue weighted by Gasteiger charge is -2.09. The lowest BCUT2D eigenvalue weighted by Crippen LogP contribution is -2.12. The predicted molar refractivity (Wildman–Crippen MR) is 102 cm³/mol. The Labute approximate surface area is 160 Å². The van der Waals surface area contributed by atoms with Crippen LogP contribution in [0.5, 0.6) is 0 Å². The highest BCUT2D eigenvalue weighted by Gasteiger charge is 2.11. The van der Waals surface area contributed by atoms with Crippen LogP contribution in [0.15, 0.2) is 41.7 Å². The molecular formula is C15H17ClN8O2S. The van der Waals surface area contributed by atoms with Crippen LogP contribution < -0.4 is 15.8 Å². The summed E-state index contributed by atoms with van der Waals surface area (Å²) >= 11 is 6.12. The van der Waals surface area contributed by atoms with E-state index in [1.54, 1.807) is 17.1 Å². The van der Waals surface area contributed by atoms with E-state index in [1.165, 1.54) is 24.4 Å². The first kappa shape index (κ1) is 19.0. The van der Waals surface area contributed by atoms with Crippen molar-refractivity contribution in [3.63, 3.8) is 0 Å². The number of sulfonamides is 1. The lowest BCUT2D eigenvalue weighted by atomic mass is 10.3. The van der Waals surface area contributed by atoms with Gasteiger partial charge in [-0.3, -0.25) is 0 Å². The molecule has 2 heterocycles. The van der Waals surface area contributed by atoms with Gasteiger partial charge in [0.05, 0.1) is 27.5 Å². The molecule has 0 aliphatic heterocycles. The van der Waals surface area contributed by atoms with Crippen LogP contribution in [0.25, 0.3) is 0 Å². The Balaban J connectivity index is 1.77. The molecule has 10 nitrogen and oxygen atoms in total. The summed E-state index contributed by atoms with van der Waals surface area (Å²) < 4.78 is 24.5. The zero-order valence-electron chi connectivity index (χ0n) is 14.5. The monoisotopic (exact) mass is 408 g/mol. The van der Waals surface area contributed by atoms with Crippen molar-refractivity contribution in [1.29, 1.82) is 0 Å². The van der Waals surface area contributed by atoms with E-state index in [4.69, 9.17) is 16.7 Å². The maximum atomic E-state index is 11.4. The van der Waals surface area contributed by atoms with Crippen molar-refractivity contribution in [3.05, 3.63) is 41.8 Å². The van der Waals surface area contributed by atoms with E-state index in [9.17, 15) is 8.42 Å². The highest BCUT2D eigenvalue weighted by atomic mass is 35.5. The Morgan fingerprint density at radius 2 is 2.00 bits per heavy atom. The number of halogens is 1. The van der Waals surface area contributed by atoms with E-state index in [2.05, 4.69) is 30.9 Å². The SMILES string of the molecule is CC(C)n1cnc(Nc2cnnc(Nc3ccc(S(N)(=O)=O)cc3Cl)c2)n1. The largest absolute Gasteiger partial charge is 0.337 e. The van der Waals surface area contributed by atoms with Crippen LogP contribution in [0.3, 0.4) is 0 Å². The standard InChI is InChI=1S/C15H17ClN8O2S/c1-9(2)24-8-18-15(23-24)20-10-5-14(22-19-7-10)21-13-4-3-11(6-12(13)16)27(17,25)26/h3-9H,1-2H3,(H2,17,25,26)(H2,20,21,22,23). The van der Waals surface area contributed by atoms with Crippen LogP contribution in [0, 0.1) is 0 Å². The molecule has 2 aromatic heterocycles. The van der Waals surface area contributed by atoms with Gasteiger partial charge in [0.2, 0.25) is 16.0 Å². The van der Waals surface area contributed by atoms with Crippen molar-refractivity contribution in [1.82, 2.24) is 25.0 Å². The number of nitrogens with one attached hydrogen (secondary N) is 2. The number of rotatable bonds is 6. The van der Waals surface area contributed by atoms with E-state index < -0.39 is 10.0 Å². The molecule has 3 rings (SSSR count). The summed E-state index contributed by atoms with van der Waals surface area (Å²) in [6.45, 7) is 4.00. The van der Waals surface area contributed by atoms with Gasteiger partial charge in [0.25, 0.3) is 0 Å². The second kappa shape index (κ2) is 7.47. The molecule has 12 heteroatoms. The molecular weight excluding hydrogens is 392 g/mol. The summed E-state index contributed by atoms with van der Waals surface area (Å²) in [6, 6.07) is 5.99. The minimum Gasteiger partial charge on any atom is -0.337 e. The van der Waals surface area contributed by atoms with Gasteiger partial charge in [0.1, 0.15) is 6.33 Å². The quantitative estimate of drug-likeness (QED) is 0.564. The fourth-order valence-corrected chi connectivity index (χ4v) is 2.95. The van der Waals surface area contributed by atoms with Crippen LogP contribution in [-0.2, 0) is 10.0 Å². The van der Waals surface area contributed by atoms with Gasteiger partial charge in [0.15, 0.2) is 5.82 Å². The topological polar surface area (TPSA) is 141 Å². The Kier molecular flexibility index (Phi) is 5.26. The molecule has 0 saturated carbocycles. The third-order valence-corrected chi connectivity index (χ3v) is 4.70. The molecule has 0 saturated heterocycles. The summed E-state index contributed by atoms with van der Waals surface area (Å²) in [6.07, 6.45) is 3.15. The molecule has 0 bridgehead atoms. The molecule has 0 fully saturated rings. The van der Waals surface area contributed by atoms with Crippen molar-refractivity contribution >= 4 is 44.8 Å². The maximum Gasteiger partial charge on any atom is 0.246 e. The van der Waals surface area contributed by atoms with Crippen molar-refractivity contribution in [3.8, 4) is 0 Å². The summed E-state index contributed by atoms with van der Waals surface area (Å²) in [5.74, 6) is 0.826. The average Bonchev–Trinajstić information content (AvgIpc) is 3.05. The Morgan fingerprint density at radius 3 is 2.63 bits per heavy atom. The maximum absolute atomic E-state index is 11.4. The fraction of sp³-hybridized carbons (Fsp3) is 0.200. The van der Waals surface area contributed by atoms with Gasteiger partial charge in [-0.2, -0.15) is 5.10 Å². The minimum atomic E-state index is -3.83. The molecule has 3 aromatic rings. The third kappa shape index (κ3) is 4.70. The fourth-order valence-electron chi connectivity index (χ4n) is 2.12. The molecule has 1 aromatic carbocycles. The van der Waals surface area contributed by atoms with Crippen molar-refractivity contribution in [2.75, 3.05) is 10.6 Å². The second-order valence-corrected chi connectivity index (χ2v) is 7.88. The smallest absolute Gasteiger partial charge is 0.246 e. The van der Waals surface area contributed by atoms with Gasteiger partial charge in [-0.25, -0.2) is 23.2 Å². The molecule has 142 valence electrons. The van der Waals surface area contributed by atoms with E-state index in [0.29, 0.717) is 23.1 Å². The molecule has 0 amide bonds. The molecule has 0 atom stereocenters. The summed E-state index contributed by atoms with van der Waals surface area (Å²) in [4.78, 5) is 4.10. The van der Waals surface area contributed by atoms with E-state index >= 15 is 0 Å². The number of primary sulfonamides is 1. The average molecular weight is 409 g/mol. The van der Waals surface area contributed by atoms with Crippen LogP contribution in [-0.4, -0.2) is 33.4 Å². The number of benzene rings is 1. The van der Waals surface area contributed by atoms with Gasteiger partial charge in [-0.15, -0.1) is 10.2 Å². The number of anilines is 4. The Hall–Kier alpha value is -2.76. The molecule has 0 spiro atoms. The molecule has 0 unspecified atom stereocenters. The zero-order chi connectivity index (χ0) is 19.6. The highest BCUT2D eigenvalue weighted by molar-refractivity contribution is 7.89. The van der Waals surface area contributed by atoms with E-state index in [0.717, 1.165) is 0 Å². The molecule has 0 aliphatic carbocycles. The van der Waals surface area contributed by atoms with Crippen molar-refractivity contribution in [2.24, 2.45) is 5.14 Å². The highest BCUT2D eigenvalue weighted by Crippen LogP contribution is 2.27. The van der Waals surface area contributed by atoms with Gasteiger partial charge in [0, 0.05) is 12.1 Å². The number of nitrogens with zero attached hydrogens (tertiary/aromatic N) is 5. The van der Waals surface area contributed by atoms with Gasteiger partial charge in [-0.1, -0.05) is 11.6 Å². The van der Waals surface area contributed by atoms with Gasteiger partial charge < -0.3 is 10.6 Å². The minimum absolute atomic E-state index is 0.0774.